The van der Waals surface area contributed by atoms with Crippen LogP contribution in [0.25, 0.3) is 0 Å². The summed E-state index contributed by atoms with van der Waals surface area (Å²) in [5.41, 5.74) is -2.45. The summed E-state index contributed by atoms with van der Waals surface area (Å²) in [6.07, 6.45) is -5.24. The molecule has 1 amide bonds. The molecule has 1 fully saturated rings. The van der Waals surface area contributed by atoms with Gasteiger partial charge >= 0.3 is 18.0 Å². The third kappa shape index (κ3) is 6.23. The van der Waals surface area contributed by atoms with Gasteiger partial charge in [0.15, 0.2) is 0 Å². The molecular formula is C23H23F6N3O3S. The molecule has 1 N–H and O–H groups in total. The molecule has 1 atom stereocenters. The standard InChI is InChI=1S/C23H23F6N3O3S/c24-22(25,26)13-8-14(23(27,28)29)10-15(9-13)30-19(33)12-36-20-17-5-1-2-6-18(17)32(21(34)31-20)11-16-4-3-7-35-16/h8-10,16H,1-7,11-12H2,(H,30,33). The number of hydrogen-bond donors (Lipinski definition) is 1. The second kappa shape index (κ2) is 10.4. The molecule has 0 bridgehead atoms. The normalized spacial score (nSPS) is 18.2. The molecule has 196 valence electrons. The second-order valence-corrected chi connectivity index (χ2v) is 9.67. The quantitative estimate of drug-likeness (QED) is 0.318. The maximum absolute atomic E-state index is 13.1. The Morgan fingerprint density at radius 3 is 2.33 bits per heavy atom. The molecule has 2 aromatic rings. The van der Waals surface area contributed by atoms with Gasteiger partial charge in [0.2, 0.25) is 5.91 Å². The van der Waals surface area contributed by atoms with Crippen molar-refractivity contribution in [3.8, 4) is 0 Å². The van der Waals surface area contributed by atoms with Crippen LogP contribution >= 0.6 is 11.8 Å². The van der Waals surface area contributed by atoms with Crippen LogP contribution in [0.1, 0.15) is 48.1 Å². The first kappa shape index (κ1) is 26.5. The van der Waals surface area contributed by atoms with Crippen LogP contribution in [0.4, 0.5) is 32.0 Å². The molecule has 2 aliphatic rings. The average molecular weight is 536 g/mol. The van der Waals surface area contributed by atoms with Crippen molar-refractivity contribution in [1.82, 2.24) is 9.55 Å². The Labute approximate surface area is 206 Å². The lowest BCUT2D eigenvalue weighted by atomic mass is 9.97. The zero-order chi connectivity index (χ0) is 26.1. The summed E-state index contributed by atoms with van der Waals surface area (Å²) in [5.74, 6) is -1.16. The SMILES string of the molecule is O=C(CSc1nc(=O)n(CC2CCCO2)c2c1CCCC2)Nc1cc(C(F)(F)F)cc(C(F)(F)F)c1. The van der Waals surface area contributed by atoms with Gasteiger partial charge in [-0.2, -0.15) is 31.3 Å². The van der Waals surface area contributed by atoms with Crippen LogP contribution in [0.2, 0.25) is 0 Å². The third-order valence-electron chi connectivity index (χ3n) is 6.07. The van der Waals surface area contributed by atoms with E-state index < -0.39 is 40.8 Å². The van der Waals surface area contributed by atoms with E-state index in [4.69, 9.17) is 4.74 Å². The fourth-order valence-corrected chi connectivity index (χ4v) is 5.28. The lowest BCUT2D eigenvalue weighted by molar-refractivity contribution is -0.143. The second-order valence-electron chi connectivity index (χ2n) is 8.71. The summed E-state index contributed by atoms with van der Waals surface area (Å²) in [7, 11) is 0. The van der Waals surface area contributed by atoms with Crippen molar-refractivity contribution in [1.29, 1.82) is 0 Å². The van der Waals surface area contributed by atoms with Gasteiger partial charge in [0.1, 0.15) is 5.03 Å². The smallest absolute Gasteiger partial charge is 0.376 e. The van der Waals surface area contributed by atoms with E-state index in [1.54, 1.807) is 4.57 Å². The van der Waals surface area contributed by atoms with Gasteiger partial charge in [0, 0.05) is 23.6 Å². The lowest BCUT2D eigenvalue weighted by Crippen LogP contribution is -2.34. The number of carbonyl (C=O) groups is 1. The number of fused-ring (bicyclic) bond motifs is 1. The Bertz CT molecular complexity index is 1160. The highest BCUT2D eigenvalue weighted by Gasteiger charge is 2.37. The molecule has 1 unspecified atom stereocenters. The van der Waals surface area contributed by atoms with Crippen molar-refractivity contribution in [2.24, 2.45) is 0 Å². The molecule has 1 aliphatic heterocycles. The largest absolute Gasteiger partial charge is 0.416 e. The predicted molar refractivity (Wildman–Crippen MR) is 120 cm³/mol. The zero-order valence-corrected chi connectivity index (χ0v) is 19.8. The molecular weight excluding hydrogens is 512 g/mol. The number of hydrogen-bond acceptors (Lipinski definition) is 5. The summed E-state index contributed by atoms with van der Waals surface area (Å²) < 4.78 is 85.7. The molecule has 0 saturated carbocycles. The van der Waals surface area contributed by atoms with Crippen LogP contribution in [0.3, 0.4) is 0 Å². The van der Waals surface area contributed by atoms with E-state index in [1.165, 1.54) is 0 Å². The van der Waals surface area contributed by atoms with Gasteiger partial charge in [0.25, 0.3) is 0 Å². The van der Waals surface area contributed by atoms with E-state index >= 15 is 0 Å². The number of aromatic nitrogens is 2. The highest BCUT2D eigenvalue weighted by Crippen LogP contribution is 2.37. The monoisotopic (exact) mass is 535 g/mol. The van der Waals surface area contributed by atoms with E-state index in [9.17, 15) is 35.9 Å². The molecule has 1 aromatic heterocycles. The van der Waals surface area contributed by atoms with Crippen molar-refractivity contribution in [3.63, 3.8) is 0 Å². The van der Waals surface area contributed by atoms with Crippen LogP contribution < -0.4 is 11.0 Å². The minimum Gasteiger partial charge on any atom is -0.376 e. The maximum atomic E-state index is 13.1. The van der Waals surface area contributed by atoms with Crippen molar-refractivity contribution in [2.75, 3.05) is 17.7 Å². The molecule has 13 heteroatoms. The number of thioether (sulfide) groups is 1. The van der Waals surface area contributed by atoms with Gasteiger partial charge in [-0.15, -0.1) is 0 Å². The summed E-state index contributed by atoms with van der Waals surface area (Å²) in [6, 6.07) is 0.890. The highest BCUT2D eigenvalue weighted by molar-refractivity contribution is 8.00. The average Bonchev–Trinajstić information content (AvgIpc) is 3.32. The molecule has 0 radical (unpaired) electrons. The number of nitrogens with zero attached hydrogens (tertiary/aromatic N) is 2. The van der Waals surface area contributed by atoms with E-state index in [2.05, 4.69) is 10.3 Å². The number of benzene rings is 1. The third-order valence-corrected chi connectivity index (χ3v) is 7.09. The number of nitrogens with one attached hydrogen (secondary N) is 1. The number of halogens is 6. The number of alkyl halides is 6. The number of anilines is 1. The minimum atomic E-state index is -5.02. The van der Waals surface area contributed by atoms with E-state index in [-0.39, 0.29) is 17.9 Å². The minimum absolute atomic E-state index is 0.00771. The van der Waals surface area contributed by atoms with Crippen molar-refractivity contribution >= 4 is 23.4 Å². The summed E-state index contributed by atoms with van der Waals surface area (Å²) >= 11 is 0.935. The van der Waals surface area contributed by atoms with Crippen molar-refractivity contribution in [3.05, 3.63) is 51.1 Å². The van der Waals surface area contributed by atoms with E-state index in [1.807, 2.05) is 0 Å². The first-order chi connectivity index (χ1) is 16.9. The summed E-state index contributed by atoms with van der Waals surface area (Å²) in [5, 5.41) is 2.46. The summed E-state index contributed by atoms with van der Waals surface area (Å²) in [4.78, 5) is 29.3. The number of carbonyl (C=O) groups excluding carboxylic acids is 1. The van der Waals surface area contributed by atoms with Crippen LogP contribution in [0.15, 0.2) is 28.0 Å². The predicted octanol–water partition coefficient (Wildman–Crippen LogP) is 5.07. The van der Waals surface area contributed by atoms with Gasteiger partial charge in [-0.1, -0.05) is 11.8 Å². The Kier molecular flexibility index (Phi) is 7.69. The van der Waals surface area contributed by atoms with Crippen LogP contribution in [-0.2, 0) is 41.3 Å². The Hall–Kier alpha value is -2.54. The maximum Gasteiger partial charge on any atom is 0.416 e. The first-order valence-electron chi connectivity index (χ1n) is 11.4. The molecule has 2 heterocycles. The fraction of sp³-hybridized carbons (Fsp3) is 0.522. The topological polar surface area (TPSA) is 73.2 Å². The first-order valence-corrected chi connectivity index (χ1v) is 12.4. The van der Waals surface area contributed by atoms with E-state index in [0.717, 1.165) is 48.7 Å². The number of amides is 1. The Morgan fingerprint density at radius 1 is 1.06 bits per heavy atom. The zero-order valence-electron chi connectivity index (χ0n) is 19.0. The molecule has 0 spiro atoms. The molecule has 1 saturated heterocycles. The van der Waals surface area contributed by atoms with Crippen LogP contribution in [0, 0.1) is 0 Å². The fourth-order valence-electron chi connectivity index (χ4n) is 4.41. The van der Waals surface area contributed by atoms with Gasteiger partial charge in [0.05, 0.1) is 29.5 Å². The van der Waals surface area contributed by atoms with Crippen LogP contribution in [0.5, 0.6) is 0 Å². The molecule has 1 aromatic carbocycles. The van der Waals surface area contributed by atoms with Crippen molar-refractivity contribution in [2.45, 2.75) is 68.6 Å². The number of rotatable bonds is 6. The van der Waals surface area contributed by atoms with Gasteiger partial charge in [-0.05, 0) is 56.7 Å². The van der Waals surface area contributed by atoms with Gasteiger partial charge in [-0.3, -0.25) is 9.36 Å². The van der Waals surface area contributed by atoms with Gasteiger partial charge < -0.3 is 10.1 Å². The number of ether oxygens (including phenoxy) is 1. The van der Waals surface area contributed by atoms with Crippen LogP contribution in [-0.4, -0.2) is 33.9 Å². The van der Waals surface area contributed by atoms with E-state index in [0.29, 0.717) is 43.2 Å². The Morgan fingerprint density at radius 2 is 1.72 bits per heavy atom. The lowest BCUT2D eigenvalue weighted by Gasteiger charge is -2.24. The molecule has 36 heavy (non-hydrogen) atoms. The molecule has 4 rings (SSSR count). The summed E-state index contributed by atoms with van der Waals surface area (Å²) in [6.45, 7) is 1.05. The molecule has 6 nitrogen and oxygen atoms in total. The highest BCUT2D eigenvalue weighted by atomic mass is 32.2. The molecule has 1 aliphatic carbocycles. The Balaban J connectivity index is 1.51. The van der Waals surface area contributed by atoms with Gasteiger partial charge in [-0.25, -0.2) is 4.79 Å². The van der Waals surface area contributed by atoms with Crippen molar-refractivity contribution < 1.29 is 35.9 Å².